The van der Waals surface area contributed by atoms with Crippen LogP contribution in [0.25, 0.3) is 0 Å². The van der Waals surface area contributed by atoms with E-state index in [1.54, 1.807) is 0 Å². The topological polar surface area (TPSA) is 17.1 Å². The van der Waals surface area contributed by atoms with E-state index in [-0.39, 0.29) is 0 Å². The molecule has 0 N–H and O–H groups in total. The summed E-state index contributed by atoms with van der Waals surface area (Å²) in [6.07, 6.45) is 2.81. The van der Waals surface area contributed by atoms with E-state index < -0.39 is 0 Å². The van der Waals surface area contributed by atoms with Gasteiger partial charge in [-0.1, -0.05) is 20.8 Å². The van der Waals surface area contributed by atoms with Gasteiger partial charge < -0.3 is 0 Å². The van der Waals surface area contributed by atoms with E-state index in [1.165, 1.54) is 0 Å². The lowest BCUT2D eigenvalue weighted by atomic mass is 10.1. The molecule has 1 amide bonds. The van der Waals surface area contributed by atoms with Crippen molar-refractivity contribution in [2.24, 2.45) is 5.92 Å². The Kier molecular flexibility index (Phi) is 5.23. The SMILES string of the molecule is CCC[N+](C)(C)C(=O)CCC(C)C. The van der Waals surface area contributed by atoms with Crippen molar-refractivity contribution in [3.63, 3.8) is 0 Å². The van der Waals surface area contributed by atoms with Crippen LogP contribution in [0.5, 0.6) is 0 Å². The standard InChI is InChI=1S/C11H24NO/c1-6-9-12(4,5)11(13)8-7-10(2)3/h10H,6-9H2,1-5H3/q+1. The summed E-state index contributed by atoms with van der Waals surface area (Å²) in [6.45, 7) is 7.40. The summed E-state index contributed by atoms with van der Waals surface area (Å²) in [5.41, 5.74) is 0. The van der Waals surface area contributed by atoms with E-state index in [1.807, 2.05) is 14.1 Å². The van der Waals surface area contributed by atoms with Gasteiger partial charge in [0.2, 0.25) is 0 Å². The molecular formula is C11H24NO+. The number of nitrogens with zero attached hydrogens (tertiary/aromatic N) is 1. The van der Waals surface area contributed by atoms with Crippen molar-refractivity contribution in [2.45, 2.75) is 40.0 Å². The summed E-state index contributed by atoms with van der Waals surface area (Å²) in [4.78, 5) is 11.7. The van der Waals surface area contributed by atoms with Gasteiger partial charge in [0.25, 0.3) is 0 Å². The van der Waals surface area contributed by atoms with E-state index in [0.717, 1.165) is 25.8 Å². The maximum atomic E-state index is 11.7. The summed E-state index contributed by atoms with van der Waals surface area (Å²) in [5, 5.41) is 0. The van der Waals surface area contributed by atoms with Gasteiger partial charge >= 0.3 is 5.91 Å². The first-order valence-corrected chi connectivity index (χ1v) is 5.26. The lowest BCUT2D eigenvalue weighted by Crippen LogP contribution is -2.45. The Morgan fingerprint density at radius 3 is 2.23 bits per heavy atom. The van der Waals surface area contributed by atoms with Crippen LogP contribution >= 0.6 is 0 Å². The van der Waals surface area contributed by atoms with Crippen LogP contribution in [0.2, 0.25) is 0 Å². The minimum absolute atomic E-state index is 0.371. The summed E-state index contributed by atoms with van der Waals surface area (Å²) in [7, 11) is 4.01. The van der Waals surface area contributed by atoms with Gasteiger partial charge in [0.15, 0.2) is 0 Å². The molecular weight excluding hydrogens is 162 g/mol. The highest BCUT2D eigenvalue weighted by atomic mass is 16.2. The fraction of sp³-hybridized carbons (Fsp3) is 0.909. The van der Waals surface area contributed by atoms with Crippen LogP contribution in [0.3, 0.4) is 0 Å². The second-order valence-electron chi connectivity index (χ2n) is 4.73. The summed E-state index contributed by atoms with van der Waals surface area (Å²) >= 11 is 0. The molecule has 0 aromatic rings. The van der Waals surface area contributed by atoms with Gasteiger partial charge in [-0.2, -0.15) is 0 Å². The van der Waals surface area contributed by atoms with Crippen molar-refractivity contribution in [1.82, 2.24) is 0 Å². The second-order valence-corrected chi connectivity index (χ2v) is 4.73. The van der Waals surface area contributed by atoms with Gasteiger partial charge in [0, 0.05) is 0 Å². The zero-order chi connectivity index (χ0) is 10.5. The van der Waals surface area contributed by atoms with Crippen molar-refractivity contribution in [3.8, 4) is 0 Å². The molecule has 0 aliphatic rings. The molecule has 0 atom stereocenters. The van der Waals surface area contributed by atoms with Gasteiger partial charge in [-0.05, 0) is 18.8 Å². The van der Waals surface area contributed by atoms with Crippen LogP contribution in [0.1, 0.15) is 40.0 Å². The quantitative estimate of drug-likeness (QED) is 0.603. The zero-order valence-electron chi connectivity index (χ0n) is 9.76. The predicted octanol–water partition coefficient (Wildman–Crippen LogP) is 2.44. The molecule has 0 aliphatic carbocycles. The number of hydrogen-bond donors (Lipinski definition) is 0. The molecule has 0 fully saturated rings. The van der Waals surface area contributed by atoms with Crippen LogP contribution in [-0.2, 0) is 4.79 Å². The third-order valence-electron chi connectivity index (χ3n) is 2.39. The molecule has 0 spiro atoms. The molecule has 78 valence electrons. The Hall–Kier alpha value is -0.370. The molecule has 13 heavy (non-hydrogen) atoms. The van der Waals surface area contributed by atoms with Crippen LogP contribution in [-0.4, -0.2) is 31.0 Å². The smallest absolute Gasteiger partial charge is 0.265 e. The maximum Gasteiger partial charge on any atom is 0.313 e. The monoisotopic (exact) mass is 186 g/mol. The van der Waals surface area contributed by atoms with E-state index in [9.17, 15) is 4.79 Å². The highest BCUT2D eigenvalue weighted by Crippen LogP contribution is 2.10. The Morgan fingerprint density at radius 1 is 1.31 bits per heavy atom. The number of amides is 1. The molecule has 0 rings (SSSR count). The van der Waals surface area contributed by atoms with Gasteiger partial charge in [-0.15, -0.1) is 0 Å². The Bertz CT molecular complexity index is 161. The first kappa shape index (κ1) is 12.6. The molecule has 0 bridgehead atoms. The summed E-state index contributed by atoms with van der Waals surface area (Å²) in [6, 6.07) is 0. The molecule has 2 nitrogen and oxygen atoms in total. The van der Waals surface area contributed by atoms with Crippen LogP contribution in [0.15, 0.2) is 0 Å². The minimum Gasteiger partial charge on any atom is -0.265 e. The highest BCUT2D eigenvalue weighted by molar-refractivity contribution is 5.68. The van der Waals surface area contributed by atoms with Gasteiger partial charge in [-0.25, -0.2) is 4.79 Å². The third kappa shape index (κ3) is 5.04. The average Bonchev–Trinajstić information content (AvgIpc) is 1.99. The van der Waals surface area contributed by atoms with Crippen molar-refractivity contribution in [2.75, 3.05) is 20.6 Å². The predicted molar refractivity (Wildman–Crippen MR) is 56.3 cm³/mol. The number of hydrogen-bond acceptors (Lipinski definition) is 1. The van der Waals surface area contributed by atoms with E-state index in [2.05, 4.69) is 20.8 Å². The molecule has 0 saturated carbocycles. The normalized spacial score (nSPS) is 12.2. The zero-order valence-corrected chi connectivity index (χ0v) is 9.76. The third-order valence-corrected chi connectivity index (χ3v) is 2.39. The first-order valence-electron chi connectivity index (χ1n) is 5.26. The molecule has 0 aromatic carbocycles. The Labute approximate surface area is 82.5 Å². The van der Waals surface area contributed by atoms with Crippen LogP contribution < -0.4 is 0 Å². The van der Waals surface area contributed by atoms with Crippen molar-refractivity contribution in [3.05, 3.63) is 0 Å². The number of rotatable bonds is 5. The number of carbonyl (C=O) groups excluding carboxylic acids is 1. The van der Waals surface area contributed by atoms with E-state index >= 15 is 0 Å². The van der Waals surface area contributed by atoms with Gasteiger partial charge in [0.05, 0.1) is 27.1 Å². The van der Waals surface area contributed by atoms with Crippen molar-refractivity contribution in [1.29, 1.82) is 0 Å². The fourth-order valence-electron chi connectivity index (χ4n) is 1.40. The number of quaternary nitrogens is 1. The van der Waals surface area contributed by atoms with Crippen molar-refractivity contribution >= 4 is 5.91 Å². The Balaban J connectivity index is 3.94. The molecule has 0 heterocycles. The molecule has 0 aromatic heterocycles. The van der Waals surface area contributed by atoms with Crippen LogP contribution in [0, 0.1) is 5.92 Å². The van der Waals surface area contributed by atoms with Gasteiger partial charge in [0.1, 0.15) is 0 Å². The average molecular weight is 186 g/mol. The first-order chi connectivity index (χ1) is 5.90. The van der Waals surface area contributed by atoms with Gasteiger partial charge in [-0.3, -0.25) is 4.48 Å². The van der Waals surface area contributed by atoms with E-state index in [0.29, 0.717) is 16.3 Å². The molecule has 0 aliphatic heterocycles. The number of carbonyl (C=O) groups is 1. The van der Waals surface area contributed by atoms with E-state index in [4.69, 9.17) is 0 Å². The molecule has 2 heteroatoms. The second kappa shape index (κ2) is 5.38. The molecule has 0 radical (unpaired) electrons. The van der Waals surface area contributed by atoms with Crippen LogP contribution in [0.4, 0.5) is 0 Å². The highest BCUT2D eigenvalue weighted by Gasteiger charge is 2.24. The summed E-state index contributed by atoms with van der Waals surface area (Å²) < 4.78 is 0.545. The van der Waals surface area contributed by atoms with Crippen molar-refractivity contribution < 1.29 is 9.28 Å². The molecule has 0 saturated heterocycles. The minimum atomic E-state index is 0.371. The largest absolute Gasteiger partial charge is 0.313 e. The summed E-state index contributed by atoms with van der Waals surface area (Å²) in [5.74, 6) is 1.00. The lowest BCUT2D eigenvalue weighted by Gasteiger charge is -2.26. The Morgan fingerprint density at radius 2 is 1.85 bits per heavy atom. The maximum absolute atomic E-state index is 11.7. The fourth-order valence-corrected chi connectivity index (χ4v) is 1.40. The molecule has 0 unspecified atom stereocenters. The lowest BCUT2D eigenvalue weighted by molar-refractivity contribution is -0.814.